The van der Waals surface area contributed by atoms with Gasteiger partial charge in [-0.2, -0.15) is 4.98 Å². The number of aryl methyl sites for hydroxylation is 1. The van der Waals surface area contributed by atoms with Gasteiger partial charge < -0.3 is 0 Å². The van der Waals surface area contributed by atoms with Crippen LogP contribution in [0.3, 0.4) is 0 Å². The van der Waals surface area contributed by atoms with Gasteiger partial charge in [0.25, 0.3) is 5.65 Å². The second-order valence-corrected chi connectivity index (χ2v) is 5.18. The normalized spacial score (nSPS) is 13.1. The van der Waals surface area contributed by atoms with E-state index in [1.54, 1.807) is 6.20 Å². The SMILES string of the molecule is C[n+]1c2n(c3nc4cccnn4c31)Cc1ccccc1-2. The summed E-state index contributed by atoms with van der Waals surface area (Å²) >= 11 is 0. The van der Waals surface area contributed by atoms with Gasteiger partial charge in [0.2, 0.25) is 11.5 Å². The molecule has 0 spiro atoms. The molecule has 0 radical (unpaired) electrons. The molecule has 1 aromatic carbocycles. The first-order valence-electron chi connectivity index (χ1n) is 6.65. The standard InChI is InChI=1S/C15H12N5/c1-18-14-11-6-3-2-5-10(11)9-19(14)13-15(18)20-12(17-13)7-4-8-16-20/h2-8H,9H2,1H3/q+1. The predicted octanol–water partition coefficient (Wildman–Crippen LogP) is 1.54. The van der Waals surface area contributed by atoms with Gasteiger partial charge in [0.05, 0.1) is 25.4 Å². The van der Waals surface area contributed by atoms with E-state index < -0.39 is 0 Å². The number of hydrogen-bond donors (Lipinski definition) is 0. The second kappa shape index (κ2) is 3.25. The summed E-state index contributed by atoms with van der Waals surface area (Å²) in [4.78, 5) is 4.73. The van der Waals surface area contributed by atoms with Crippen LogP contribution in [0.15, 0.2) is 42.6 Å². The van der Waals surface area contributed by atoms with Gasteiger partial charge in [-0.05, 0) is 12.1 Å². The molecule has 4 heterocycles. The lowest BCUT2D eigenvalue weighted by Gasteiger charge is -1.96. The van der Waals surface area contributed by atoms with Crippen LogP contribution in [0.5, 0.6) is 0 Å². The smallest absolute Gasteiger partial charge is 0.233 e. The van der Waals surface area contributed by atoms with E-state index in [2.05, 4.69) is 45.5 Å². The van der Waals surface area contributed by atoms with Crippen molar-refractivity contribution in [3.8, 4) is 11.4 Å². The molecule has 0 fully saturated rings. The van der Waals surface area contributed by atoms with Crippen molar-refractivity contribution < 1.29 is 4.57 Å². The Balaban J connectivity index is 1.98. The van der Waals surface area contributed by atoms with E-state index in [1.807, 2.05) is 16.6 Å². The topological polar surface area (TPSA) is 39.0 Å². The molecule has 0 amide bonds. The van der Waals surface area contributed by atoms with Crippen molar-refractivity contribution >= 4 is 16.9 Å². The first-order valence-corrected chi connectivity index (χ1v) is 6.65. The van der Waals surface area contributed by atoms with Crippen LogP contribution < -0.4 is 4.57 Å². The van der Waals surface area contributed by atoms with Gasteiger partial charge in [-0.3, -0.25) is 0 Å². The zero-order chi connectivity index (χ0) is 13.3. The van der Waals surface area contributed by atoms with Gasteiger partial charge in [0.15, 0.2) is 0 Å². The third-order valence-electron chi connectivity index (χ3n) is 4.09. The summed E-state index contributed by atoms with van der Waals surface area (Å²) < 4.78 is 6.37. The number of aromatic nitrogens is 5. The maximum atomic E-state index is 4.73. The number of fused-ring (bicyclic) bond motifs is 7. The average molecular weight is 262 g/mol. The van der Waals surface area contributed by atoms with E-state index in [9.17, 15) is 0 Å². The Bertz CT molecular complexity index is 992. The maximum Gasteiger partial charge on any atom is 0.314 e. The summed E-state index contributed by atoms with van der Waals surface area (Å²) in [5.41, 5.74) is 5.57. The Kier molecular flexibility index (Phi) is 1.65. The molecular formula is C15H12N5+. The van der Waals surface area contributed by atoms with E-state index >= 15 is 0 Å². The van der Waals surface area contributed by atoms with Gasteiger partial charge in [0.1, 0.15) is 0 Å². The van der Waals surface area contributed by atoms with Crippen LogP contribution in [0.2, 0.25) is 0 Å². The zero-order valence-corrected chi connectivity index (χ0v) is 11.0. The van der Waals surface area contributed by atoms with E-state index in [0.717, 1.165) is 23.5 Å². The van der Waals surface area contributed by atoms with Crippen molar-refractivity contribution in [3.63, 3.8) is 0 Å². The Morgan fingerprint density at radius 1 is 1.15 bits per heavy atom. The minimum atomic E-state index is 0.882. The number of nitrogens with zero attached hydrogens (tertiary/aromatic N) is 5. The van der Waals surface area contributed by atoms with Crippen molar-refractivity contribution in [2.75, 3.05) is 0 Å². The Morgan fingerprint density at radius 2 is 2.05 bits per heavy atom. The molecule has 0 N–H and O–H groups in total. The number of hydrogen-bond acceptors (Lipinski definition) is 2. The van der Waals surface area contributed by atoms with Crippen molar-refractivity contribution in [3.05, 3.63) is 48.2 Å². The summed E-state index contributed by atoms with van der Waals surface area (Å²) in [6.07, 6.45) is 1.80. The lowest BCUT2D eigenvalue weighted by molar-refractivity contribution is -0.636. The minimum Gasteiger partial charge on any atom is -0.233 e. The quantitative estimate of drug-likeness (QED) is 0.397. The Labute approximate surface area is 114 Å². The predicted molar refractivity (Wildman–Crippen MR) is 74.2 cm³/mol. The Hall–Kier alpha value is -2.69. The summed E-state index contributed by atoms with van der Waals surface area (Å²) in [7, 11) is 2.08. The zero-order valence-electron chi connectivity index (χ0n) is 11.0. The number of imidazole rings is 2. The van der Waals surface area contributed by atoms with Gasteiger partial charge >= 0.3 is 5.65 Å². The molecule has 96 valence electrons. The van der Waals surface area contributed by atoms with Crippen LogP contribution in [0.1, 0.15) is 5.56 Å². The molecule has 5 heteroatoms. The van der Waals surface area contributed by atoms with Gasteiger partial charge in [-0.15, -0.1) is 9.61 Å². The summed E-state index contributed by atoms with van der Waals surface area (Å²) in [5, 5.41) is 4.42. The monoisotopic (exact) mass is 262 g/mol. The highest BCUT2D eigenvalue weighted by molar-refractivity contribution is 5.77. The number of benzene rings is 1. The van der Waals surface area contributed by atoms with E-state index in [0.29, 0.717) is 0 Å². The lowest BCUT2D eigenvalue weighted by atomic mass is 10.1. The second-order valence-electron chi connectivity index (χ2n) is 5.18. The average Bonchev–Trinajstić information content (AvgIpc) is 3.10. The summed E-state index contributed by atoms with van der Waals surface area (Å²) in [6, 6.07) is 12.4. The fourth-order valence-corrected chi connectivity index (χ4v) is 3.24. The fourth-order valence-electron chi connectivity index (χ4n) is 3.24. The largest absolute Gasteiger partial charge is 0.314 e. The molecule has 0 saturated heterocycles. The first kappa shape index (κ1) is 10.1. The third-order valence-corrected chi connectivity index (χ3v) is 4.09. The van der Waals surface area contributed by atoms with Crippen LogP contribution in [-0.2, 0) is 13.6 Å². The number of rotatable bonds is 0. The molecule has 1 aliphatic rings. The molecule has 5 rings (SSSR count). The highest BCUT2D eigenvalue weighted by Crippen LogP contribution is 2.32. The molecule has 0 unspecified atom stereocenters. The molecule has 20 heavy (non-hydrogen) atoms. The van der Waals surface area contributed by atoms with Crippen LogP contribution in [0.4, 0.5) is 0 Å². The van der Waals surface area contributed by atoms with Crippen molar-refractivity contribution in [1.29, 1.82) is 0 Å². The van der Waals surface area contributed by atoms with Crippen molar-refractivity contribution in [2.24, 2.45) is 7.05 Å². The fraction of sp³-hybridized carbons (Fsp3) is 0.133. The molecule has 0 bridgehead atoms. The van der Waals surface area contributed by atoms with Crippen LogP contribution >= 0.6 is 0 Å². The summed E-state index contributed by atoms with van der Waals surface area (Å²) in [6.45, 7) is 0.882. The van der Waals surface area contributed by atoms with Gasteiger partial charge in [-0.1, -0.05) is 18.2 Å². The van der Waals surface area contributed by atoms with Gasteiger partial charge in [-0.25, -0.2) is 9.13 Å². The van der Waals surface area contributed by atoms with Crippen LogP contribution in [0.25, 0.3) is 28.3 Å². The lowest BCUT2D eigenvalue weighted by Crippen LogP contribution is -2.30. The highest BCUT2D eigenvalue weighted by atomic mass is 15.4. The molecule has 0 atom stereocenters. The molecule has 5 nitrogen and oxygen atoms in total. The third kappa shape index (κ3) is 1.02. The van der Waals surface area contributed by atoms with Crippen molar-refractivity contribution in [2.45, 2.75) is 6.54 Å². The molecule has 0 aliphatic carbocycles. The first-order chi connectivity index (χ1) is 9.84. The van der Waals surface area contributed by atoms with Crippen LogP contribution in [0, 0.1) is 0 Å². The maximum absolute atomic E-state index is 4.73. The highest BCUT2D eigenvalue weighted by Gasteiger charge is 2.33. The Morgan fingerprint density at radius 3 is 3.00 bits per heavy atom. The van der Waals surface area contributed by atoms with Crippen LogP contribution in [-0.4, -0.2) is 19.2 Å². The molecule has 3 aromatic heterocycles. The minimum absolute atomic E-state index is 0.882. The van der Waals surface area contributed by atoms with Gasteiger partial charge in [0, 0.05) is 11.6 Å². The molecular weight excluding hydrogens is 250 g/mol. The molecule has 0 saturated carbocycles. The molecule has 1 aliphatic heterocycles. The van der Waals surface area contributed by atoms with Crippen molar-refractivity contribution in [1.82, 2.24) is 19.2 Å². The molecule has 4 aromatic rings. The summed E-state index contributed by atoms with van der Waals surface area (Å²) in [5.74, 6) is 1.21. The van der Waals surface area contributed by atoms with E-state index in [-0.39, 0.29) is 0 Å². The van der Waals surface area contributed by atoms with E-state index in [1.165, 1.54) is 17.0 Å². The van der Waals surface area contributed by atoms with E-state index in [4.69, 9.17) is 4.98 Å².